The van der Waals surface area contributed by atoms with Crippen molar-refractivity contribution in [2.24, 2.45) is 10.9 Å². The minimum atomic E-state index is -0.110. The van der Waals surface area contributed by atoms with Crippen LogP contribution in [0.4, 0.5) is 0 Å². The minimum Gasteiger partial charge on any atom is -0.492 e. The predicted molar refractivity (Wildman–Crippen MR) is 116 cm³/mol. The van der Waals surface area contributed by atoms with E-state index in [0.29, 0.717) is 13.2 Å². The fourth-order valence-corrected chi connectivity index (χ4v) is 3.90. The van der Waals surface area contributed by atoms with Crippen molar-refractivity contribution in [3.63, 3.8) is 0 Å². The summed E-state index contributed by atoms with van der Waals surface area (Å²) < 4.78 is 16.3. The van der Waals surface area contributed by atoms with Gasteiger partial charge in [0.05, 0.1) is 26.2 Å². The first-order valence-corrected chi connectivity index (χ1v) is 10.8. The number of nitrogens with zero attached hydrogens (tertiary/aromatic N) is 3. The zero-order valence-corrected chi connectivity index (χ0v) is 18.1. The van der Waals surface area contributed by atoms with Gasteiger partial charge in [-0.2, -0.15) is 0 Å². The summed E-state index contributed by atoms with van der Waals surface area (Å²) in [5, 5.41) is 3.45. The lowest BCUT2D eigenvalue weighted by atomic mass is 9.97. The molecule has 30 heavy (non-hydrogen) atoms. The highest BCUT2D eigenvalue weighted by atomic mass is 16.5. The molecule has 0 amide bonds. The van der Waals surface area contributed by atoms with E-state index in [1.165, 1.54) is 7.11 Å². The molecular formula is C22H34N4O4. The number of aliphatic imine (C=N–C) groups is 1. The van der Waals surface area contributed by atoms with Crippen molar-refractivity contribution in [1.82, 2.24) is 15.1 Å². The zero-order valence-electron chi connectivity index (χ0n) is 18.1. The number of nitrogens with one attached hydrogen (secondary N) is 1. The molecule has 0 spiro atoms. The molecule has 2 heterocycles. The zero-order chi connectivity index (χ0) is 21.2. The van der Waals surface area contributed by atoms with Gasteiger partial charge in [0.15, 0.2) is 5.96 Å². The molecule has 0 radical (unpaired) electrons. The monoisotopic (exact) mass is 418 g/mol. The third-order valence-corrected chi connectivity index (χ3v) is 5.72. The highest BCUT2D eigenvalue weighted by Crippen LogP contribution is 2.20. The lowest BCUT2D eigenvalue weighted by molar-refractivity contribution is -0.146. The molecule has 1 N–H and O–H groups in total. The van der Waals surface area contributed by atoms with E-state index >= 15 is 0 Å². The predicted octanol–water partition coefficient (Wildman–Crippen LogP) is 1.36. The first-order valence-electron chi connectivity index (χ1n) is 10.8. The fraction of sp³-hybridized carbons (Fsp3) is 0.636. The Morgan fingerprint density at radius 1 is 1.20 bits per heavy atom. The Hall–Kier alpha value is -2.32. The Balaban J connectivity index is 1.48. The van der Waals surface area contributed by atoms with Crippen LogP contribution in [-0.4, -0.2) is 88.4 Å². The maximum Gasteiger partial charge on any atom is 0.308 e. The van der Waals surface area contributed by atoms with E-state index in [0.717, 1.165) is 76.1 Å². The minimum absolute atomic E-state index is 0.00931. The first kappa shape index (κ1) is 22.4. The normalized spacial score (nSPS) is 18.9. The maximum atomic E-state index is 11.7. The van der Waals surface area contributed by atoms with Crippen LogP contribution < -0.4 is 10.1 Å². The van der Waals surface area contributed by atoms with Crippen molar-refractivity contribution < 1.29 is 19.0 Å². The first-order chi connectivity index (χ1) is 14.7. The third-order valence-electron chi connectivity index (χ3n) is 5.72. The summed E-state index contributed by atoms with van der Waals surface area (Å²) in [4.78, 5) is 20.7. The average Bonchev–Trinajstić information content (AvgIpc) is 2.81. The molecule has 0 saturated carbocycles. The SMILES string of the molecule is CN=C(NCc1ccccc1OCCN1CCOCC1)N1CCC(C(=O)OC)CC1. The second-order valence-electron chi connectivity index (χ2n) is 7.60. The molecule has 0 bridgehead atoms. The number of hydrogen-bond donors (Lipinski definition) is 1. The molecule has 2 aliphatic rings. The number of hydrogen-bond acceptors (Lipinski definition) is 6. The number of morpholine rings is 1. The molecule has 0 aliphatic carbocycles. The molecule has 1 aromatic carbocycles. The van der Waals surface area contributed by atoms with Gasteiger partial charge in [-0.25, -0.2) is 0 Å². The van der Waals surface area contributed by atoms with Crippen molar-refractivity contribution in [2.75, 3.05) is 66.7 Å². The van der Waals surface area contributed by atoms with E-state index < -0.39 is 0 Å². The Morgan fingerprint density at radius 3 is 2.63 bits per heavy atom. The molecule has 1 aromatic rings. The summed E-state index contributed by atoms with van der Waals surface area (Å²) in [5.74, 6) is 1.63. The second-order valence-corrected chi connectivity index (χ2v) is 7.60. The standard InChI is InChI=1S/C22H34N4O4/c1-23-22(26-9-7-18(8-10-26)21(27)28-2)24-17-19-5-3-4-6-20(19)30-16-13-25-11-14-29-15-12-25/h3-6,18H,7-17H2,1-2H3,(H,23,24). The van der Waals surface area contributed by atoms with Gasteiger partial charge in [-0.15, -0.1) is 0 Å². The largest absolute Gasteiger partial charge is 0.492 e. The van der Waals surface area contributed by atoms with E-state index in [1.54, 1.807) is 7.05 Å². The fourth-order valence-electron chi connectivity index (χ4n) is 3.90. The van der Waals surface area contributed by atoms with E-state index in [-0.39, 0.29) is 11.9 Å². The van der Waals surface area contributed by atoms with Crippen LogP contribution in [0.25, 0.3) is 0 Å². The van der Waals surface area contributed by atoms with Gasteiger partial charge in [-0.1, -0.05) is 18.2 Å². The summed E-state index contributed by atoms with van der Waals surface area (Å²) in [6.45, 7) is 7.32. The second kappa shape index (κ2) is 11.8. The van der Waals surface area contributed by atoms with Crippen LogP contribution in [-0.2, 0) is 20.8 Å². The van der Waals surface area contributed by atoms with E-state index in [4.69, 9.17) is 14.2 Å². The lowest BCUT2D eigenvalue weighted by Crippen LogP contribution is -2.46. The number of carbonyl (C=O) groups is 1. The number of piperidine rings is 1. The Kier molecular flexibility index (Phi) is 8.77. The van der Waals surface area contributed by atoms with E-state index in [2.05, 4.69) is 26.2 Å². The highest BCUT2D eigenvalue weighted by Gasteiger charge is 2.27. The molecule has 2 saturated heterocycles. The summed E-state index contributed by atoms with van der Waals surface area (Å²) in [6.07, 6.45) is 1.57. The van der Waals surface area contributed by atoms with Crippen molar-refractivity contribution in [3.8, 4) is 5.75 Å². The number of benzene rings is 1. The number of carbonyl (C=O) groups excluding carboxylic acids is 1. The lowest BCUT2D eigenvalue weighted by Gasteiger charge is -2.33. The molecule has 0 unspecified atom stereocenters. The van der Waals surface area contributed by atoms with Gasteiger partial charge in [0, 0.05) is 51.9 Å². The third kappa shape index (κ3) is 6.34. The molecule has 2 fully saturated rings. The molecule has 8 heteroatoms. The number of likely N-dealkylation sites (tertiary alicyclic amines) is 1. The van der Waals surface area contributed by atoms with Crippen molar-refractivity contribution in [3.05, 3.63) is 29.8 Å². The highest BCUT2D eigenvalue weighted by molar-refractivity contribution is 5.80. The van der Waals surface area contributed by atoms with Crippen LogP contribution in [0.5, 0.6) is 5.75 Å². The maximum absolute atomic E-state index is 11.7. The Bertz CT molecular complexity index is 698. The topological polar surface area (TPSA) is 75.6 Å². The van der Waals surface area contributed by atoms with Gasteiger partial charge >= 0.3 is 5.97 Å². The van der Waals surface area contributed by atoms with Gasteiger partial charge in [0.1, 0.15) is 12.4 Å². The van der Waals surface area contributed by atoms with Gasteiger partial charge in [-0.3, -0.25) is 14.7 Å². The molecule has 3 rings (SSSR count). The van der Waals surface area contributed by atoms with Crippen LogP contribution >= 0.6 is 0 Å². The van der Waals surface area contributed by atoms with Crippen LogP contribution in [0.15, 0.2) is 29.3 Å². The smallest absolute Gasteiger partial charge is 0.308 e. The number of esters is 1. The van der Waals surface area contributed by atoms with Crippen LogP contribution in [0.1, 0.15) is 18.4 Å². The van der Waals surface area contributed by atoms with Crippen molar-refractivity contribution in [1.29, 1.82) is 0 Å². The van der Waals surface area contributed by atoms with Gasteiger partial charge in [0.2, 0.25) is 0 Å². The Labute approximate surface area is 179 Å². The molecule has 166 valence electrons. The number of ether oxygens (including phenoxy) is 3. The summed E-state index contributed by atoms with van der Waals surface area (Å²) in [5.41, 5.74) is 1.10. The number of para-hydroxylation sites is 1. The van der Waals surface area contributed by atoms with Gasteiger partial charge in [0.25, 0.3) is 0 Å². The van der Waals surface area contributed by atoms with Crippen molar-refractivity contribution in [2.45, 2.75) is 19.4 Å². The Morgan fingerprint density at radius 2 is 1.93 bits per heavy atom. The molecule has 0 atom stereocenters. The number of rotatable bonds is 7. The van der Waals surface area contributed by atoms with Crippen LogP contribution in [0.2, 0.25) is 0 Å². The van der Waals surface area contributed by atoms with Gasteiger partial charge < -0.3 is 24.4 Å². The average molecular weight is 419 g/mol. The summed E-state index contributed by atoms with van der Waals surface area (Å²) in [7, 11) is 3.25. The van der Waals surface area contributed by atoms with Crippen molar-refractivity contribution >= 4 is 11.9 Å². The van der Waals surface area contributed by atoms with E-state index in [1.807, 2.05) is 18.2 Å². The molecule has 2 aliphatic heterocycles. The van der Waals surface area contributed by atoms with Crippen LogP contribution in [0, 0.1) is 5.92 Å². The van der Waals surface area contributed by atoms with Gasteiger partial charge in [-0.05, 0) is 18.9 Å². The molecule has 0 aromatic heterocycles. The summed E-state index contributed by atoms with van der Waals surface area (Å²) in [6, 6.07) is 8.12. The summed E-state index contributed by atoms with van der Waals surface area (Å²) >= 11 is 0. The van der Waals surface area contributed by atoms with E-state index in [9.17, 15) is 4.79 Å². The molecule has 8 nitrogen and oxygen atoms in total. The molecular weight excluding hydrogens is 384 g/mol. The number of guanidine groups is 1. The quantitative estimate of drug-likeness (QED) is 0.407. The van der Waals surface area contributed by atoms with Crippen LogP contribution in [0.3, 0.4) is 0 Å². The number of methoxy groups -OCH3 is 1.